The zero-order valence-electron chi connectivity index (χ0n) is 13.3. The van der Waals surface area contributed by atoms with Gasteiger partial charge < -0.3 is 10.2 Å². The lowest BCUT2D eigenvalue weighted by Gasteiger charge is -2.20. The predicted octanol–water partition coefficient (Wildman–Crippen LogP) is 3.39. The van der Waals surface area contributed by atoms with Crippen LogP contribution >= 0.6 is 11.3 Å². The lowest BCUT2D eigenvalue weighted by Crippen LogP contribution is -2.38. The number of thiophene rings is 1. The van der Waals surface area contributed by atoms with Crippen molar-refractivity contribution in [3.8, 4) is 0 Å². The average Bonchev–Trinajstić information content (AvgIpc) is 3.09. The van der Waals surface area contributed by atoms with Crippen molar-refractivity contribution >= 4 is 29.2 Å². The maximum absolute atomic E-state index is 12.6. The first kappa shape index (κ1) is 17.0. The minimum absolute atomic E-state index is 0.173. The van der Waals surface area contributed by atoms with Crippen molar-refractivity contribution in [1.82, 2.24) is 10.2 Å². The number of amides is 2. The summed E-state index contributed by atoms with van der Waals surface area (Å²) in [6, 6.07) is 12.7. The SMILES string of the molecule is CCN(CC)C(=O)/C(=C/c1cccs1)NC(=O)c1ccccc1. The van der Waals surface area contributed by atoms with Crippen LogP contribution in [0.5, 0.6) is 0 Å². The molecule has 1 aromatic heterocycles. The lowest BCUT2D eigenvalue weighted by atomic mass is 10.2. The number of benzene rings is 1. The number of hydrogen-bond acceptors (Lipinski definition) is 3. The Morgan fingerprint density at radius 1 is 1.09 bits per heavy atom. The first-order chi connectivity index (χ1) is 11.2. The second kappa shape index (κ2) is 8.29. The molecule has 0 aliphatic rings. The molecule has 1 heterocycles. The van der Waals surface area contributed by atoms with Crippen LogP contribution in [-0.4, -0.2) is 29.8 Å². The van der Waals surface area contributed by atoms with Crippen molar-refractivity contribution in [1.29, 1.82) is 0 Å². The highest BCUT2D eigenvalue weighted by molar-refractivity contribution is 7.10. The summed E-state index contributed by atoms with van der Waals surface area (Å²) in [5.41, 5.74) is 0.821. The molecule has 0 bridgehead atoms. The Balaban J connectivity index is 2.27. The molecule has 1 aromatic carbocycles. The molecule has 0 radical (unpaired) electrons. The van der Waals surface area contributed by atoms with Gasteiger partial charge in [0.05, 0.1) is 0 Å². The minimum Gasteiger partial charge on any atom is -0.338 e. The van der Waals surface area contributed by atoms with Gasteiger partial charge in [0.15, 0.2) is 0 Å². The highest BCUT2D eigenvalue weighted by Gasteiger charge is 2.18. The van der Waals surface area contributed by atoms with Crippen molar-refractivity contribution in [2.75, 3.05) is 13.1 Å². The summed E-state index contributed by atoms with van der Waals surface area (Å²) in [4.78, 5) is 27.6. The fourth-order valence-corrected chi connectivity index (χ4v) is 2.79. The molecule has 0 aliphatic carbocycles. The van der Waals surface area contributed by atoms with E-state index in [1.165, 1.54) is 11.3 Å². The van der Waals surface area contributed by atoms with Crippen LogP contribution in [0.25, 0.3) is 6.08 Å². The van der Waals surface area contributed by atoms with E-state index < -0.39 is 0 Å². The van der Waals surface area contributed by atoms with E-state index in [4.69, 9.17) is 0 Å². The molecule has 4 nitrogen and oxygen atoms in total. The van der Waals surface area contributed by atoms with Crippen molar-refractivity contribution in [3.05, 3.63) is 64.0 Å². The smallest absolute Gasteiger partial charge is 0.270 e. The highest BCUT2D eigenvalue weighted by atomic mass is 32.1. The number of carbonyl (C=O) groups excluding carboxylic acids is 2. The summed E-state index contributed by atoms with van der Waals surface area (Å²) in [7, 11) is 0. The standard InChI is InChI=1S/C18H20N2O2S/c1-3-20(4-2)18(22)16(13-15-11-8-12-23-15)19-17(21)14-9-6-5-7-10-14/h5-13H,3-4H2,1-2H3,(H,19,21)/b16-13-. The van der Waals surface area contributed by atoms with Gasteiger partial charge in [-0.25, -0.2) is 0 Å². The third kappa shape index (κ3) is 4.53. The predicted molar refractivity (Wildman–Crippen MR) is 94.1 cm³/mol. The van der Waals surface area contributed by atoms with Crippen LogP contribution in [0.2, 0.25) is 0 Å². The van der Waals surface area contributed by atoms with Gasteiger partial charge in [0.25, 0.3) is 11.8 Å². The first-order valence-corrected chi connectivity index (χ1v) is 8.44. The van der Waals surface area contributed by atoms with Crippen LogP contribution in [0, 0.1) is 0 Å². The van der Waals surface area contributed by atoms with E-state index in [1.54, 1.807) is 35.2 Å². The van der Waals surface area contributed by atoms with E-state index in [-0.39, 0.29) is 11.8 Å². The number of nitrogens with zero attached hydrogens (tertiary/aromatic N) is 1. The van der Waals surface area contributed by atoms with Crippen molar-refractivity contribution < 1.29 is 9.59 Å². The molecule has 0 atom stereocenters. The van der Waals surface area contributed by atoms with Gasteiger partial charge in [0, 0.05) is 23.5 Å². The molecule has 0 fully saturated rings. The van der Waals surface area contributed by atoms with E-state index >= 15 is 0 Å². The molecule has 23 heavy (non-hydrogen) atoms. The summed E-state index contributed by atoms with van der Waals surface area (Å²) in [5.74, 6) is -0.457. The second-order valence-corrected chi connectivity index (χ2v) is 5.85. The van der Waals surface area contributed by atoms with Gasteiger partial charge in [0.1, 0.15) is 5.70 Å². The van der Waals surface area contributed by atoms with Crippen LogP contribution in [-0.2, 0) is 4.79 Å². The van der Waals surface area contributed by atoms with Gasteiger partial charge in [-0.2, -0.15) is 0 Å². The summed E-state index contributed by atoms with van der Waals surface area (Å²) in [6.07, 6.45) is 1.73. The molecule has 0 aliphatic heterocycles. The lowest BCUT2D eigenvalue weighted by molar-refractivity contribution is -0.127. The molecule has 120 valence electrons. The van der Waals surface area contributed by atoms with Gasteiger partial charge in [-0.05, 0) is 43.5 Å². The van der Waals surface area contributed by atoms with Gasteiger partial charge in [-0.1, -0.05) is 24.3 Å². The maximum Gasteiger partial charge on any atom is 0.270 e. The zero-order valence-corrected chi connectivity index (χ0v) is 14.1. The third-order valence-electron chi connectivity index (χ3n) is 3.40. The summed E-state index contributed by atoms with van der Waals surface area (Å²) < 4.78 is 0. The van der Waals surface area contributed by atoms with E-state index in [0.29, 0.717) is 24.4 Å². The molecule has 2 amide bonds. The van der Waals surface area contributed by atoms with Crippen LogP contribution in [0.15, 0.2) is 53.5 Å². The minimum atomic E-state index is -0.283. The Morgan fingerprint density at radius 2 is 1.78 bits per heavy atom. The fraction of sp³-hybridized carbons (Fsp3) is 0.222. The number of nitrogens with one attached hydrogen (secondary N) is 1. The quantitative estimate of drug-likeness (QED) is 0.826. The Kier molecular flexibility index (Phi) is 6.11. The molecular weight excluding hydrogens is 308 g/mol. The average molecular weight is 328 g/mol. The Morgan fingerprint density at radius 3 is 2.35 bits per heavy atom. The molecule has 5 heteroatoms. The van der Waals surface area contributed by atoms with Crippen LogP contribution in [0.4, 0.5) is 0 Å². The second-order valence-electron chi connectivity index (χ2n) is 4.87. The first-order valence-electron chi connectivity index (χ1n) is 7.56. The van der Waals surface area contributed by atoms with Crippen LogP contribution < -0.4 is 5.32 Å². The molecule has 0 saturated heterocycles. The van der Waals surface area contributed by atoms with Crippen molar-refractivity contribution in [2.24, 2.45) is 0 Å². The zero-order chi connectivity index (χ0) is 16.7. The number of likely N-dealkylation sites (N-methyl/N-ethyl adjacent to an activating group) is 1. The van der Waals surface area contributed by atoms with Gasteiger partial charge >= 0.3 is 0 Å². The monoisotopic (exact) mass is 328 g/mol. The largest absolute Gasteiger partial charge is 0.338 e. The van der Waals surface area contributed by atoms with E-state index in [2.05, 4.69) is 5.32 Å². The number of hydrogen-bond donors (Lipinski definition) is 1. The van der Waals surface area contributed by atoms with Crippen LogP contribution in [0.1, 0.15) is 29.1 Å². The molecular formula is C18H20N2O2S. The normalized spacial score (nSPS) is 11.1. The van der Waals surface area contributed by atoms with Gasteiger partial charge in [-0.15, -0.1) is 11.3 Å². The molecule has 0 unspecified atom stereocenters. The Labute approximate surface area is 140 Å². The number of rotatable bonds is 6. The van der Waals surface area contributed by atoms with Crippen molar-refractivity contribution in [3.63, 3.8) is 0 Å². The number of carbonyl (C=O) groups is 2. The summed E-state index contributed by atoms with van der Waals surface area (Å²) in [6.45, 7) is 5.03. The maximum atomic E-state index is 12.6. The Bertz CT molecular complexity index is 674. The summed E-state index contributed by atoms with van der Waals surface area (Å²) in [5, 5.41) is 4.69. The molecule has 1 N–H and O–H groups in total. The molecule has 2 aromatic rings. The van der Waals surface area contributed by atoms with E-state index in [1.807, 2.05) is 37.4 Å². The molecule has 0 saturated carbocycles. The van der Waals surface area contributed by atoms with Gasteiger partial charge in [0.2, 0.25) is 0 Å². The summed E-state index contributed by atoms with van der Waals surface area (Å²) >= 11 is 1.52. The fourth-order valence-electron chi connectivity index (χ4n) is 2.13. The Hall–Kier alpha value is -2.40. The van der Waals surface area contributed by atoms with Gasteiger partial charge in [-0.3, -0.25) is 9.59 Å². The van der Waals surface area contributed by atoms with Crippen molar-refractivity contribution in [2.45, 2.75) is 13.8 Å². The molecule has 0 spiro atoms. The van der Waals surface area contributed by atoms with E-state index in [9.17, 15) is 9.59 Å². The van der Waals surface area contributed by atoms with Crippen LogP contribution in [0.3, 0.4) is 0 Å². The highest BCUT2D eigenvalue weighted by Crippen LogP contribution is 2.14. The third-order valence-corrected chi connectivity index (χ3v) is 4.21. The van der Waals surface area contributed by atoms with E-state index in [0.717, 1.165) is 4.88 Å². The topological polar surface area (TPSA) is 49.4 Å². The molecule has 2 rings (SSSR count).